The maximum Gasteiger partial charge on any atom is 0.130 e. The number of hydrogen-bond donors (Lipinski definition) is 2. The van der Waals surface area contributed by atoms with Crippen LogP contribution in [0, 0.1) is 0 Å². The summed E-state index contributed by atoms with van der Waals surface area (Å²) >= 11 is 0. The topological polar surface area (TPSA) is 49.7 Å². The predicted octanol–water partition coefficient (Wildman–Crippen LogP) is 3.41. The smallest absolute Gasteiger partial charge is 0.130 e. The Balaban J connectivity index is 2.55. The van der Waals surface area contributed by atoms with Crippen LogP contribution in [0.4, 0.5) is 0 Å². The Morgan fingerprint density at radius 3 is 2.33 bits per heavy atom. The van der Waals surface area contributed by atoms with Gasteiger partial charge in [-0.2, -0.15) is 0 Å². The number of phenolic OH excluding ortho intramolecular Hbond substituents is 2. The van der Waals surface area contributed by atoms with E-state index in [4.69, 9.17) is 4.74 Å². The molecule has 0 atom stereocenters. The van der Waals surface area contributed by atoms with Crippen LogP contribution in [0.15, 0.2) is 42.5 Å². The summed E-state index contributed by atoms with van der Waals surface area (Å²) in [5.41, 5.74) is 0. The first-order chi connectivity index (χ1) is 8.69. The third-order valence-corrected chi connectivity index (χ3v) is 3.09. The van der Waals surface area contributed by atoms with E-state index in [0.29, 0.717) is 5.75 Å². The number of aromatic hydroxyl groups is 2. The summed E-state index contributed by atoms with van der Waals surface area (Å²) in [7, 11) is 1.57. The van der Waals surface area contributed by atoms with Crippen molar-refractivity contribution >= 4 is 21.5 Å². The lowest BCUT2D eigenvalue weighted by molar-refractivity contribution is 0.413. The number of fused-ring (bicyclic) bond motifs is 3. The van der Waals surface area contributed by atoms with Crippen LogP contribution in [0.25, 0.3) is 21.5 Å². The third kappa shape index (κ3) is 1.52. The lowest BCUT2D eigenvalue weighted by atomic mass is 10.0. The lowest BCUT2D eigenvalue weighted by Gasteiger charge is -2.10. The Morgan fingerprint density at radius 2 is 1.56 bits per heavy atom. The zero-order valence-electron chi connectivity index (χ0n) is 9.84. The van der Waals surface area contributed by atoms with Crippen LogP contribution in [0.3, 0.4) is 0 Å². The molecule has 0 spiro atoms. The van der Waals surface area contributed by atoms with E-state index in [9.17, 15) is 10.2 Å². The van der Waals surface area contributed by atoms with Gasteiger partial charge in [-0.15, -0.1) is 0 Å². The quantitative estimate of drug-likeness (QED) is 0.641. The van der Waals surface area contributed by atoms with E-state index >= 15 is 0 Å². The number of phenols is 2. The number of methoxy groups -OCH3 is 1. The Kier molecular flexibility index (Phi) is 2.27. The highest BCUT2D eigenvalue weighted by Crippen LogP contribution is 2.37. The van der Waals surface area contributed by atoms with E-state index in [0.717, 1.165) is 21.5 Å². The highest BCUT2D eigenvalue weighted by molar-refractivity contribution is 6.11. The molecule has 3 aromatic rings. The molecule has 0 aromatic heterocycles. The molecule has 3 aromatic carbocycles. The summed E-state index contributed by atoms with van der Waals surface area (Å²) in [6.45, 7) is 0. The van der Waals surface area contributed by atoms with Crippen molar-refractivity contribution in [3.63, 3.8) is 0 Å². The first-order valence-electron chi connectivity index (χ1n) is 5.61. The van der Waals surface area contributed by atoms with E-state index in [2.05, 4.69) is 0 Å². The fraction of sp³-hybridized carbons (Fsp3) is 0.0667. The van der Waals surface area contributed by atoms with Crippen molar-refractivity contribution in [2.45, 2.75) is 0 Å². The molecule has 2 N–H and O–H groups in total. The molecule has 0 saturated heterocycles. The molecule has 0 aliphatic heterocycles. The molecule has 90 valence electrons. The Bertz CT molecular complexity index is 747. The summed E-state index contributed by atoms with van der Waals surface area (Å²) in [6, 6.07) is 12.4. The van der Waals surface area contributed by atoms with Gasteiger partial charge < -0.3 is 14.9 Å². The van der Waals surface area contributed by atoms with Crippen LogP contribution in [-0.2, 0) is 0 Å². The van der Waals surface area contributed by atoms with Gasteiger partial charge in [0.25, 0.3) is 0 Å². The average molecular weight is 240 g/mol. The minimum atomic E-state index is 0.166. The highest BCUT2D eigenvalue weighted by Gasteiger charge is 2.08. The third-order valence-electron chi connectivity index (χ3n) is 3.09. The second kappa shape index (κ2) is 3.81. The standard InChI is InChI=1S/C15H12O3/c1-18-14-8-12(17)6-10-3-2-9-4-5-11(16)7-13(9)15(10)14/h2-8,16-17H,1H3. The van der Waals surface area contributed by atoms with Gasteiger partial charge >= 0.3 is 0 Å². The van der Waals surface area contributed by atoms with Gasteiger partial charge in [-0.25, -0.2) is 0 Å². The largest absolute Gasteiger partial charge is 0.508 e. The van der Waals surface area contributed by atoms with Crippen molar-refractivity contribution in [3.05, 3.63) is 42.5 Å². The van der Waals surface area contributed by atoms with Crippen molar-refractivity contribution in [2.24, 2.45) is 0 Å². The molecule has 3 rings (SSSR count). The summed E-state index contributed by atoms with van der Waals surface area (Å²) < 4.78 is 5.31. The van der Waals surface area contributed by atoms with Gasteiger partial charge in [0.05, 0.1) is 7.11 Å². The molecule has 18 heavy (non-hydrogen) atoms. The predicted molar refractivity (Wildman–Crippen MR) is 71.3 cm³/mol. The second-order valence-electron chi connectivity index (χ2n) is 4.22. The number of benzene rings is 3. The fourth-order valence-corrected chi connectivity index (χ4v) is 2.29. The van der Waals surface area contributed by atoms with Crippen molar-refractivity contribution in [1.82, 2.24) is 0 Å². The summed E-state index contributed by atoms with van der Waals surface area (Å²) in [6.07, 6.45) is 0. The van der Waals surface area contributed by atoms with E-state index < -0.39 is 0 Å². The average Bonchev–Trinajstić information content (AvgIpc) is 2.37. The van der Waals surface area contributed by atoms with Gasteiger partial charge in [0, 0.05) is 11.5 Å². The normalized spacial score (nSPS) is 10.9. The van der Waals surface area contributed by atoms with Gasteiger partial charge in [-0.3, -0.25) is 0 Å². The second-order valence-corrected chi connectivity index (χ2v) is 4.22. The van der Waals surface area contributed by atoms with Crippen LogP contribution in [-0.4, -0.2) is 17.3 Å². The van der Waals surface area contributed by atoms with Gasteiger partial charge in [-0.1, -0.05) is 18.2 Å². The Labute approximate surface area is 104 Å². The van der Waals surface area contributed by atoms with Crippen molar-refractivity contribution in [3.8, 4) is 17.2 Å². The fourth-order valence-electron chi connectivity index (χ4n) is 2.29. The molecular formula is C15H12O3. The van der Waals surface area contributed by atoms with Crippen LogP contribution in [0.5, 0.6) is 17.2 Å². The Morgan fingerprint density at radius 1 is 0.833 bits per heavy atom. The molecule has 0 radical (unpaired) electrons. The van der Waals surface area contributed by atoms with Crippen LogP contribution < -0.4 is 4.74 Å². The first kappa shape index (κ1) is 10.7. The maximum absolute atomic E-state index is 9.64. The van der Waals surface area contributed by atoms with Crippen molar-refractivity contribution in [1.29, 1.82) is 0 Å². The molecule has 0 bridgehead atoms. The van der Waals surface area contributed by atoms with Crippen molar-refractivity contribution < 1.29 is 14.9 Å². The molecule has 0 amide bonds. The molecular weight excluding hydrogens is 228 g/mol. The molecule has 0 fully saturated rings. The highest BCUT2D eigenvalue weighted by atomic mass is 16.5. The maximum atomic E-state index is 9.64. The molecule has 0 aliphatic rings. The van der Waals surface area contributed by atoms with Gasteiger partial charge in [-0.05, 0) is 34.4 Å². The lowest BCUT2D eigenvalue weighted by Crippen LogP contribution is -1.86. The molecule has 0 heterocycles. The Hall–Kier alpha value is -2.42. The summed E-state index contributed by atoms with van der Waals surface area (Å²) in [5, 5.41) is 23.0. The van der Waals surface area contributed by atoms with E-state index in [1.165, 1.54) is 0 Å². The molecule has 3 nitrogen and oxygen atoms in total. The minimum Gasteiger partial charge on any atom is -0.508 e. The van der Waals surface area contributed by atoms with E-state index in [1.54, 1.807) is 31.4 Å². The van der Waals surface area contributed by atoms with E-state index in [1.807, 2.05) is 18.2 Å². The number of hydrogen-bond acceptors (Lipinski definition) is 3. The molecule has 0 aliphatic carbocycles. The van der Waals surface area contributed by atoms with Crippen molar-refractivity contribution in [2.75, 3.05) is 7.11 Å². The number of ether oxygens (including phenoxy) is 1. The minimum absolute atomic E-state index is 0.166. The zero-order valence-corrected chi connectivity index (χ0v) is 9.84. The van der Waals surface area contributed by atoms with Gasteiger partial charge in [0.2, 0.25) is 0 Å². The van der Waals surface area contributed by atoms with Crippen LogP contribution >= 0.6 is 0 Å². The van der Waals surface area contributed by atoms with Crippen LogP contribution in [0.1, 0.15) is 0 Å². The first-order valence-corrected chi connectivity index (χ1v) is 5.61. The van der Waals surface area contributed by atoms with E-state index in [-0.39, 0.29) is 11.5 Å². The van der Waals surface area contributed by atoms with Crippen LogP contribution in [0.2, 0.25) is 0 Å². The summed E-state index contributed by atoms with van der Waals surface area (Å²) in [5.74, 6) is 0.977. The monoisotopic (exact) mass is 240 g/mol. The zero-order chi connectivity index (χ0) is 12.7. The SMILES string of the molecule is COc1cc(O)cc2ccc3ccc(O)cc3c12. The van der Waals surface area contributed by atoms with Gasteiger partial charge in [0.15, 0.2) is 0 Å². The number of rotatable bonds is 1. The summed E-state index contributed by atoms with van der Waals surface area (Å²) in [4.78, 5) is 0. The molecule has 0 saturated carbocycles. The molecule has 0 unspecified atom stereocenters. The van der Waals surface area contributed by atoms with Gasteiger partial charge in [0.1, 0.15) is 17.2 Å². The molecule has 3 heteroatoms.